The molecule has 0 aliphatic carbocycles. The molecule has 9 rings (SSSR count). The van der Waals surface area contributed by atoms with Crippen LogP contribution in [-0.4, -0.2) is 9.55 Å². The van der Waals surface area contributed by atoms with E-state index < -0.39 is 0 Å². The van der Waals surface area contributed by atoms with Gasteiger partial charge in [0.15, 0.2) is 0 Å². The van der Waals surface area contributed by atoms with E-state index in [1.165, 1.54) is 66.1 Å². The van der Waals surface area contributed by atoms with Crippen molar-refractivity contribution in [3.8, 4) is 50.2 Å². The molecule has 0 atom stereocenters. The van der Waals surface area contributed by atoms with E-state index in [9.17, 15) is 0 Å². The summed E-state index contributed by atoms with van der Waals surface area (Å²) in [6, 6.07) is 63.7. The number of hydrogen-bond acceptors (Lipinski definition) is 1. The molecule has 0 N–H and O–H groups in total. The Labute approximate surface area is 292 Å². The van der Waals surface area contributed by atoms with Crippen molar-refractivity contribution < 1.29 is 0 Å². The van der Waals surface area contributed by atoms with E-state index in [0.29, 0.717) is 5.92 Å². The predicted octanol–water partition coefficient (Wildman–Crippen LogP) is 13.1. The minimum atomic E-state index is 0.303. The van der Waals surface area contributed by atoms with Crippen LogP contribution in [0.1, 0.15) is 25.6 Å². The van der Waals surface area contributed by atoms with Gasteiger partial charge in [-0.05, 0) is 90.3 Å². The zero-order chi connectivity index (χ0) is 33.6. The second-order valence-corrected chi connectivity index (χ2v) is 13.4. The van der Waals surface area contributed by atoms with E-state index in [-0.39, 0.29) is 0 Å². The van der Waals surface area contributed by atoms with Crippen LogP contribution < -0.4 is 0 Å². The number of fused-ring (bicyclic) bond motifs is 3. The van der Waals surface area contributed by atoms with E-state index >= 15 is 0 Å². The molecule has 0 aliphatic rings. The quantitative estimate of drug-likeness (QED) is 0.165. The van der Waals surface area contributed by atoms with Crippen molar-refractivity contribution in [2.24, 2.45) is 0 Å². The van der Waals surface area contributed by atoms with Crippen molar-refractivity contribution in [1.29, 1.82) is 0 Å². The maximum absolute atomic E-state index is 4.99. The summed E-state index contributed by atoms with van der Waals surface area (Å²) in [5.74, 6) is 1.38. The molecule has 2 nitrogen and oxygen atoms in total. The first-order valence-electron chi connectivity index (χ1n) is 17.4. The average Bonchev–Trinajstić information content (AvgIpc) is 3.58. The Bertz CT molecular complexity index is 2570. The van der Waals surface area contributed by atoms with E-state index in [0.717, 1.165) is 22.5 Å². The molecule has 0 unspecified atom stereocenters. The first-order valence-corrected chi connectivity index (χ1v) is 17.4. The van der Waals surface area contributed by atoms with Crippen LogP contribution in [0.3, 0.4) is 0 Å². The monoisotopic (exact) mass is 640 g/mol. The van der Waals surface area contributed by atoms with Crippen molar-refractivity contribution >= 4 is 32.6 Å². The minimum absolute atomic E-state index is 0.303. The number of benzene rings is 8. The van der Waals surface area contributed by atoms with E-state index in [2.05, 4.69) is 194 Å². The molecule has 0 spiro atoms. The Balaban J connectivity index is 1.14. The van der Waals surface area contributed by atoms with Crippen LogP contribution in [0, 0.1) is 0 Å². The second-order valence-electron chi connectivity index (χ2n) is 13.4. The highest BCUT2D eigenvalue weighted by Crippen LogP contribution is 2.44. The summed E-state index contributed by atoms with van der Waals surface area (Å²) in [7, 11) is 0. The number of para-hydroxylation sites is 2. The zero-order valence-electron chi connectivity index (χ0n) is 28.2. The Kier molecular flexibility index (Phi) is 7.36. The highest BCUT2D eigenvalue weighted by molar-refractivity contribution is 6.21. The lowest BCUT2D eigenvalue weighted by atomic mass is 9.85. The maximum Gasteiger partial charge on any atom is 0.117 e. The van der Waals surface area contributed by atoms with Crippen LogP contribution >= 0.6 is 0 Å². The predicted molar refractivity (Wildman–Crippen MR) is 212 cm³/mol. The summed E-state index contributed by atoms with van der Waals surface area (Å²) in [6.07, 6.45) is 0. The smallest absolute Gasteiger partial charge is 0.117 e. The summed E-state index contributed by atoms with van der Waals surface area (Å²) in [4.78, 5) is 4.99. The maximum atomic E-state index is 4.99. The fourth-order valence-electron chi connectivity index (χ4n) is 7.55. The van der Waals surface area contributed by atoms with Gasteiger partial charge in [0.2, 0.25) is 0 Å². The SMILES string of the molecule is CC(C)c1nc2ccccc2n1-c1ccc(-c2c3ccccc3c(-c3ccc(-c4ccc(-c5ccccc5)cc4)cc3)c3ccccc23)cc1. The van der Waals surface area contributed by atoms with Gasteiger partial charge in [-0.2, -0.15) is 0 Å². The molecule has 0 aliphatic heterocycles. The van der Waals surface area contributed by atoms with Crippen LogP contribution in [-0.2, 0) is 0 Å². The molecule has 0 bridgehead atoms. The third-order valence-corrected chi connectivity index (χ3v) is 9.95. The van der Waals surface area contributed by atoms with Crippen molar-refractivity contribution in [2.45, 2.75) is 19.8 Å². The molecule has 2 heteroatoms. The number of hydrogen-bond donors (Lipinski definition) is 0. The van der Waals surface area contributed by atoms with Gasteiger partial charge in [-0.25, -0.2) is 4.98 Å². The molecule has 0 saturated carbocycles. The van der Waals surface area contributed by atoms with Gasteiger partial charge in [0.1, 0.15) is 5.82 Å². The van der Waals surface area contributed by atoms with Crippen LogP contribution in [0.4, 0.5) is 0 Å². The highest BCUT2D eigenvalue weighted by atomic mass is 15.1. The number of nitrogens with zero attached hydrogens (tertiary/aromatic N) is 2. The third-order valence-electron chi connectivity index (χ3n) is 9.95. The molecule has 0 radical (unpaired) electrons. The molecule has 1 aromatic heterocycles. The van der Waals surface area contributed by atoms with Gasteiger partial charge in [0.25, 0.3) is 0 Å². The van der Waals surface area contributed by atoms with Gasteiger partial charge in [-0.3, -0.25) is 4.57 Å². The molecular weight excluding hydrogens is 605 g/mol. The lowest BCUT2D eigenvalue weighted by Gasteiger charge is -2.18. The van der Waals surface area contributed by atoms with Crippen molar-refractivity contribution in [1.82, 2.24) is 9.55 Å². The van der Waals surface area contributed by atoms with E-state index in [1.54, 1.807) is 0 Å². The van der Waals surface area contributed by atoms with Gasteiger partial charge in [-0.15, -0.1) is 0 Å². The second kappa shape index (κ2) is 12.3. The Hall–Kier alpha value is -6.25. The van der Waals surface area contributed by atoms with Crippen LogP contribution in [0.5, 0.6) is 0 Å². The summed E-state index contributed by atoms with van der Waals surface area (Å²) < 4.78 is 2.31. The van der Waals surface area contributed by atoms with Gasteiger partial charge < -0.3 is 0 Å². The van der Waals surface area contributed by atoms with Crippen LogP contribution in [0.25, 0.3) is 82.8 Å². The first kappa shape index (κ1) is 29.9. The number of rotatable bonds is 6. The lowest BCUT2D eigenvalue weighted by Crippen LogP contribution is -2.03. The Morgan fingerprint density at radius 3 is 1.24 bits per heavy atom. The van der Waals surface area contributed by atoms with Crippen molar-refractivity contribution in [2.75, 3.05) is 0 Å². The number of aromatic nitrogens is 2. The summed E-state index contributed by atoms with van der Waals surface area (Å²) in [5.41, 5.74) is 13.2. The standard InChI is InChI=1S/C48H36N2/c1-32(2)48-49-44-18-10-11-19-45(44)50(48)39-30-28-38(29-31-39)47-42-16-8-6-14-40(42)46(41-15-7-9-17-43(41)47)37-26-24-36(25-27-37)35-22-20-34(21-23-35)33-12-4-3-5-13-33/h3-32H,1-2H3. The third kappa shape index (κ3) is 5.09. The van der Waals surface area contributed by atoms with E-state index in [1.807, 2.05) is 0 Å². The molecule has 1 heterocycles. The molecule has 50 heavy (non-hydrogen) atoms. The molecular formula is C48H36N2. The Morgan fingerprint density at radius 1 is 0.380 bits per heavy atom. The topological polar surface area (TPSA) is 17.8 Å². The first-order chi connectivity index (χ1) is 24.6. The summed E-state index contributed by atoms with van der Waals surface area (Å²) in [5, 5.41) is 5.02. The largest absolute Gasteiger partial charge is 0.296 e. The normalized spacial score (nSPS) is 11.6. The molecule has 9 aromatic rings. The molecule has 0 saturated heterocycles. The van der Waals surface area contributed by atoms with Gasteiger partial charge in [0.05, 0.1) is 11.0 Å². The highest BCUT2D eigenvalue weighted by Gasteiger charge is 2.18. The molecule has 0 fully saturated rings. The fourth-order valence-corrected chi connectivity index (χ4v) is 7.55. The number of imidazole rings is 1. The van der Waals surface area contributed by atoms with Crippen LogP contribution in [0.2, 0.25) is 0 Å². The molecule has 238 valence electrons. The van der Waals surface area contributed by atoms with E-state index in [4.69, 9.17) is 4.98 Å². The van der Waals surface area contributed by atoms with Gasteiger partial charge in [0, 0.05) is 11.6 Å². The van der Waals surface area contributed by atoms with Gasteiger partial charge >= 0.3 is 0 Å². The lowest BCUT2D eigenvalue weighted by molar-refractivity contribution is 0.760. The minimum Gasteiger partial charge on any atom is -0.296 e. The average molecular weight is 641 g/mol. The fraction of sp³-hybridized carbons (Fsp3) is 0.0625. The van der Waals surface area contributed by atoms with Crippen LogP contribution in [0.15, 0.2) is 176 Å². The zero-order valence-corrected chi connectivity index (χ0v) is 28.2. The molecule has 8 aromatic carbocycles. The van der Waals surface area contributed by atoms with Gasteiger partial charge in [-0.1, -0.05) is 166 Å². The van der Waals surface area contributed by atoms with Crippen molar-refractivity contribution in [3.05, 3.63) is 182 Å². The summed E-state index contributed by atoms with van der Waals surface area (Å²) in [6.45, 7) is 4.42. The summed E-state index contributed by atoms with van der Waals surface area (Å²) >= 11 is 0. The molecule has 0 amide bonds. The Morgan fingerprint density at radius 2 is 0.760 bits per heavy atom. The van der Waals surface area contributed by atoms with Crippen molar-refractivity contribution in [3.63, 3.8) is 0 Å².